The van der Waals surface area contributed by atoms with Gasteiger partial charge in [0.15, 0.2) is 11.5 Å². The summed E-state index contributed by atoms with van der Waals surface area (Å²) in [6.07, 6.45) is 0.691. The molecule has 1 saturated heterocycles. The number of hydrogen-bond acceptors (Lipinski definition) is 7. The first-order chi connectivity index (χ1) is 15.5. The van der Waals surface area contributed by atoms with Crippen LogP contribution in [0.5, 0.6) is 11.5 Å². The Hall–Kier alpha value is -3.46. The summed E-state index contributed by atoms with van der Waals surface area (Å²) in [5, 5.41) is 11.0. The number of anilines is 2. The molecule has 2 unspecified atom stereocenters. The lowest BCUT2D eigenvalue weighted by atomic mass is 9.83. The van der Waals surface area contributed by atoms with Crippen LogP contribution < -0.4 is 19.7 Å². The Labute approximate surface area is 190 Å². The zero-order valence-corrected chi connectivity index (χ0v) is 18.9. The minimum Gasteiger partial charge on any atom is -0.493 e. The highest BCUT2D eigenvalue weighted by molar-refractivity contribution is 7.13. The third-order valence-corrected chi connectivity index (χ3v) is 6.19. The molecule has 2 amide bonds. The van der Waals surface area contributed by atoms with Gasteiger partial charge in [0.25, 0.3) is 0 Å². The van der Waals surface area contributed by atoms with Crippen molar-refractivity contribution < 1.29 is 19.1 Å². The molecular formula is C23H24N4O4S. The first-order valence-electron chi connectivity index (χ1n) is 10.2. The molecule has 2 heterocycles. The van der Waals surface area contributed by atoms with E-state index < -0.39 is 12.0 Å². The zero-order valence-electron chi connectivity index (χ0n) is 18.1. The number of carbonyl (C=O) groups is 2. The minimum atomic E-state index is -0.522. The van der Waals surface area contributed by atoms with Gasteiger partial charge in [0, 0.05) is 12.1 Å². The molecule has 8 nitrogen and oxygen atoms in total. The Bertz CT molecular complexity index is 1100. The molecular weight excluding hydrogens is 428 g/mol. The summed E-state index contributed by atoms with van der Waals surface area (Å²) in [7, 11) is 3.13. The van der Waals surface area contributed by atoms with Crippen LogP contribution in [0.1, 0.15) is 30.0 Å². The molecule has 0 radical (unpaired) electrons. The lowest BCUT2D eigenvalue weighted by Gasteiger charge is -2.41. The molecule has 0 spiro atoms. The molecule has 1 N–H and O–H groups in total. The molecule has 3 aromatic rings. The predicted molar refractivity (Wildman–Crippen MR) is 122 cm³/mol. The van der Waals surface area contributed by atoms with Crippen LogP contribution in [0.3, 0.4) is 0 Å². The van der Waals surface area contributed by atoms with Crippen molar-refractivity contribution in [1.29, 1.82) is 0 Å². The van der Waals surface area contributed by atoms with Crippen molar-refractivity contribution in [3.05, 3.63) is 59.1 Å². The number of amides is 2. The number of ether oxygens (including phenoxy) is 2. The second-order valence-electron chi connectivity index (χ2n) is 7.54. The highest BCUT2D eigenvalue weighted by atomic mass is 32.1. The Balaban J connectivity index is 1.79. The highest BCUT2D eigenvalue weighted by Crippen LogP contribution is 2.42. The summed E-state index contributed by atoms with van der Waals surface area (Å²) in [5.74, 6) is 0.390. The van der Waals surface area contributed by atoms with Crippen molar-refractivity contribution in [2.45, 2.75) is 25.8 Å². The van der Waals surface area contributed by atoms with Crippen LogP contribution in [0.15, 0.2) is 48.0 Å². The van der Waals surface area contributed by atoms with Crippen LogP contribution in [-0.4, -0.2) is 36.2 Å². The number of aromatic nitrogens is 2. The van der Waals surface area contributed by atoms with Crippen LogP contribution in [0.4, 0.5) is 10.8 Å². The van der Waals surface area contributed by atoms with Gasteiger partial charge in [-0.2, -0.15) is 0 Å². The fraction of sp³-hybridized carbons (Fsp3) is 0.304. The molecule has 1 aromatic heterocycles. The SMILES string of the molecule is COc1ccc(C2C(C(=O)Nc3nncs3)CCC(=O)N2c2ccc(C)cc2)cc1OC. The van der Waals surface area contributed by atoms with E-state index in [1.807, 2.05) is 43.3 Å². The molecule has 166 valence electrons. The summed E-state index contributed by atoms with van der Waals surface area (Å²) in [4.78, 5) is 28.2. The molecule has 4 rings (SSSR count). The Morgan fingerprint density at radius 3 is 2.53 bits per heavy atom. The van der Waals surface area contributed by atoms with Gasteiger partial charge in [-0.3, -0.25) is 9.59 Å². The maximum atomic E-state index is 13.3. The number of rotatable bonds is 6. The lowest BCUT2D eigenvalue weighted by Crippen LogP contribution is -2.47. The number of piperidine rings is 1. The fourth-order valence-corrected chi connectivity index (χ4v) is 4.47. The normalized spacial score (nSPS) is 18.3. The average molecular weight is 453 g/mol. The first kappa shape index (κ1) is 21.8. The zero-order chi connectivity index (χ0) is 22.7. The van der Waals surface area contributed by atoms with E-state index >= 15 is 0 Å². The summed E-state index contributed by atoms with van der Waals surface area (Å²) in [6.45, 7) is 1.99. The number of aryl methyl sites for hydroxylation is 1. The van der Waals surface area contributed by atoms with Crippen molar-refractivity contribution in [3.63, 3.8) is 0 Å². The van der Waals surface area contributed by atoms with E-state index in [1.165, 1.54) is 11.3 Å². The van der Waals surface area contributed by atoms with Crippen LogP contribution in [0.25, 0.3) is 0 Å². The van der Waals surface area contributed by atoms with Crippen LogP contribution >= 0.6 is 11.3 Å². The third-order valence-electron chi connectivity index (χ3n) is 5.59. The van der Waals surface area contributed by atoms with E-state index in [4.69, 9.17) is 9.47 Å². The van der Waals surface area contributed by atoms with Gasteiger partial charge in [0.2, 0.25) is 16.9 Å². The van der Waals surface area contributed by atoms with Crippen LogP contribution in [0.2, 0.25) is 0 Å². The van der Waals surface area contributed by atoms with Gasteiger partial charge in [0.1, 0.15) is 5.51 Å². The summed E-state index contributed by atoms with van der Waals surface area (Å²) >= 11 is 1.25. The summed E-state index contributed by atoms with van der Waals surface area (Å²) in [6, 6.07) is 12.7. The number of carbonyl (C=O) groups excluding carboxylic acids is 2. The Morgan fingerprint density at radius 1 is 1.12 bits per heavy atom. The standard InChI is InChI=1S/C23H24N4O4S/c1-14-4-7-16(8-5-14)27-20(28)11-9-17(22(29)25-23-26-24-13-32-23)21(27)15-6-10-18(30-2)19(12-15)31-3/h4-8,10,12-13,17,21H,9,11H2,1-3H3,(H,25,26,29). The van der Waals surface area contributed by atoms with Gasteiger partial charge in [-0.15, -0.1) is 10.2 Å². The van der Waals surface area contributed by atoms with E-state index in [1.54, 1.807) is 30.7 Å². The number of methoxy groups -OCH3 is 2. The maximum Gasteiger partial charge on any atom is 0.231 e. The number of hydrogen-bond donors (Lipinski definition) is 1. The second kappa shape index (κ2) is 9.35. The monoisotopic (exact) mass is 452 g/mol. The largest absolute Gasteiger partial charge is 0.493 e. The second-order valence-corrected chi connectivity index (χ2v) is 8.37. The molecule has 1 aliphatic rings. The fourth-order valence-electron chi connectivity index (χ4n) is 4.02. The molecule has 1 aliphatic heterocycles. The number of benzene rings is 2. The smallest absolute Gasteiger partial charge is 0.231 e. The summed E-state index contributed by atoms with van der Waals surface area (Å²) < 4.78 is 10.9. The van der Waals surface area contributed by atoms with Gasteiger partial charge in [-0.05, 0) is 43.2 Å². The highest BCUT2D eigenvalue weighted by Gasteiger charge is 2.42. The molecule has 32 heavy (non-hydrogen) atoms. The van der Waals surface area contributed by atoms with E-state index in [0.717, 1.165) is 16.8 Å². The maximum absolute atomic E-state index is 13.3. The van der Waals surface area contributed by atoms with Gasteiger partial charge < -0.3 is 19.7 Å². The van der Waals surface area contributed by atoms with Gasteiger partial charge in [-0.1, -0.05) is 35.1 Å². The quantitative estimate of drug-likeness (QED) is 0.608. The molecule has 9 heteroatoms. The molecule has 2 atom stereocenters. The third kappa shape index (κ3) is 4.29. The van der Waals surface area contributed by atoms with E-state index in [9.17, 15) is 9.59 Å². The first-order valence-corrected chi connectivity index (χ1v) is 11.1. The molecule has 0 saturated carbocycles. The molecule has 0 bridgehead atoms. The van der Waals surface area contributed by atoms with Crippen LogP contribution in [-0.2, 0) is 9.59 Å². The van der Waals surface area contributed by atoms with Crippen molar-refractivity contribution in [1.82, 2.24) is 10.2 Å². The van der Waals surface area contributed by atoms with Crippen LogP contribution in [0, 0.1) is 12.8 Å². The Kier molecular flexibility index (Phi) is 6.36. The molecule has 0 aliphatic carbocycles. The Morgan fingerprint density at radius 2 is 1.88 bits per heavy atom. The van der Waals surface area contributed by atoms with Gasteiger partial charge >= 0.3 is 0 Å². The topological polar surface area (TPSA) is 93.7 Å². The predicted octanol–water partition coefficient (Wildman–Crippen LogP) is 3.99. The van der Waals surface area contributed by atoms with Crippen molar-refractivity contribution in [2.75, 3.05) is 24.4 Å². The van der Waals surface area contributed by atoms with Gasteiger partial charge in [-0.25, -0.2) is 0 Å². The van der Waals surface area contributed by atoms with Crippen molar-refractivity contribution >= 4 is 34.0 Å². The van der Waals surface area contributed by atoms with Crippen molar-refractivity contribution in [3.8, 4) is 11.5 Å². The van der Waals surface area contributed by atoms with E-state index in [-0.39, 0.29) is 18.2 Å². The van der Waals surface area contributed by atoms with E-state index in [2.05, 4.69) is 15.5 Å². The van der Waals surface area contributed by atoms with Crippen molar-refractivity contribution in [2.24, 2.45) is 5.92 Å². The minimum absolute atomic E-state index is 0.0337. The number of nitrogens with zero attached hydrogens (tertiary/aromatic N) is 3. The molecule has 1 fully saturated rings. The number of nitrogens with one attached hydrogen (secondary N) is 1. The summed E-state index contributed by atoms with van der Waals surface area (Å²) in [5.41, 5.74) is 4.18. The lowest BCUT2D eigenvalue weighted by molar-refractivity contribution is -0.125. The average Bonchev–Trinajstić information content (AvgIpc) is 3.32. The van der Waals surface area contributed by atoms with Gasteiger partial charge in [0.05, 0.1) is 26.2 Å². The molecule has 2 aromatic carbocycles. The van der Waals surface area contributed by atoms with E-state index in [0.29, 0.717) is 23.1 Å².